The van der Waals surface area contributed by atoms with Crippen molar-refractivity contribution in [3.8, 4) is 0 Å². The van der Waals surface area contributed by atoms with E-state index >= 15 is 0 Å². The van der Waals surface area contributed by atoms with Crippen LogP contribution in [0.2, 0.25) is 0 Å². The van der Waals surface area contributed by atoms with E-state index in [1.54, 1.807) is 25.1 Å². The molecule has 0 aromatic heterocycles. The molecule has 0 saturated carbocycles. The van der Waals surface area contributed by atoms with Crippen molar-refractivity contribution in [2.45, 2.75) is 13.8 Å². The molecule has 3 rings (SSSR count). The Labute approximate surface area is 171 Å². The number of non-ortho nitro benzene ring substituents is 1. The van der Waals surface area contributed by atoms with Crippen molar-refractivity contribution in [2.24, 2.45) is 4.99 Å². The SMILES string of the molecule is CCOC(=O)C1=C(O)/C(=C/c2ccc([N+](=O)[O-])cc2)SC1=Nc1ccc(C)cc1. The van der Waals surface area contributed by atoms with Crippen molar-refractivity contribution in [3.63, 3.8) is 0 Å². The van der Waals surface area contributed by atoms with E-state index in [1.807, 2.05) is 31.2 Å². The Balaban J connectivity index is 2.00. The Hall–Kier alpha value is -3.39. The summed E-state index contributed by atoms with van der Waals surface area (Å²) in [6, 6.07) is 13.3. The van der Waals surface area contributed by atoms with Gasteiger partial charge in [0.25, 0.3) is 5.69 Å². The number of aryl methyl sites for hydroxylation is 1. The maximum atomic E-state index is 12.4. The topological polar surface area (TPSA) is 102 Å². The number of esters is 1. The number of hydrogen-bond donors (Lipinski definition) is 1. The van der Waals surface area contributed by atoms with Gasteiger partial charge in [0, 0.05) is 12.1 Å². The van der Waals surface area contributed by atoms with Gasteiger partial charge >= 0.3 is 5.97 Å². The Morgan fingerprint density at radius 2 is 1.86 bits per heavy atom. The number of rotatable bonds is 5. The van der Waals surface area contributed by atoms with Crippen molar-refractivity contribution >= 4 is 40.2 Å². The number of carbonyl (C=O) groups is 1. The second-order valence-electron chi connectivity index (χ2n) is 6.16. The minimum absolute atomic E-state index is 0.00517. The lowest BCUT2D eigenvalue weighted by molar-refractivity contribution is -0.384. The van der Waals surface area contributed by atoms with Crippen molar-refractivity contribution in [1.82, 2.24) is 0 Å². The largest absolute Gasteiger partial charge is 0.506 e. The molecule has 1 heterocycles. The lowest BCUT2D eigenvalue weighted by atomic mass is 10.1. The molecule has 29 heavy (non-hydrogen) atoms. The van der Waals surface area contributed by atoms with Crippen LogP contribution in [0.1, 0.15) is 18.1 Å². The second-order valence-corrected chi connectivity index (χ2v) is 7.19. The normalized spacial score (nSPS) is 16.5. The third kappa shape index (κ3) is 4.72. The van der Waals surface area contributed by atoms with Gasteiger partial charge in [0.2, 0.25) is 0 Å². The van der Waals surface area contributed by atoms with Gasteiger partial charge in [-0.3, -0.25) is 10.1 Å². The summed E-state index contributed by atoms with van der Waals surface area (Å²) < 4.78 is 5.07. The Kier molecular flexibility index (Phi) is 6.13. The molecule has 0 unspecified atom stereocenters. The number of aliphatic hydroxyl groups is 1. The first kappa shape index (κ1) is 20.3. The fraction of sp³-hybridized carbons (Fsp3) is 0.143. The zero-order valence-corrected chi connectivity index (χ0v) is 16.6. The van der Waals surface area contributed by atoms with Crippen molar-refractivity contribution in [1.29, 1.82) is 0 Å². The predicted octanol–water partition coefficient (Wildman–Crippen LogP) is 5.10. The highest BCUT2D eigenvalue weighted by Gasteiger charge is 2.33. The summed E-state index contributed by atoms with van der Waals surface area (Å²) in [5.74, 6) is -0.881. The van der Waals surface area contributed by atoms with Crippen LogP contribution in [-0.2, 0) is 9.53 Å². The third-order valence-corrected chi connectivity index (χ3v) is 5.06. The number of nitrogens with zero attached hydrogens (tertiary/aromatic N) is 2. The molecule has 1 aliphatic heterocycles. The third-order valence-electron chi connectivity index (χ3n) is 4.04. The van der Waals surface area contributed by atoms with Gasteiger partial charge in [-0.2, -0.15) is 0 Å². The minimum Gasteiger partial charge on any atom is -0.506 e. The van der Waals surface area contributed by atoms with Crippen LogP contribution in [0.25, 0.3) is 6.08 Å². The summed E-state index contributed by atoms with van der Waals surface area (Å²) in [6.45, 7) is 3.81. The van der Waals surface area contributed by atoms with Gasteiger partial charge in [0.15, 0.2) is 0 Å². The summed E-state index contributed by atoms with van der Waals surface area (Å²) in [5, 5.41) is 21.8. The smallest absolute Gasteiger partial charge is 0.344 e. The van der Waals surface area contributed by atoms with Crippen LogP contribution >= 0.6 is 11.8 Å². The summed E-state index contributed by atoms with van der Waals surface area (Å²) >= 11 is 1.14. The fourth-order valence-corrected chi connectivity index (χ4v) is 3.61. The van der Waals surface area contributed by atoms with E-state index in [0.29, 0.717) is 21.2 Å². The van der Waals surface area contributed by atoms with Gasteiger partial charge in [-0.25, -0.2) is 9.79 Å². The highest BCUT2D eigenvalue weighted by molar-refractivity contribution is 8.18. The molecule has 0 fully saturated rings. The quantitative estimate of drug-likeness (QED) is 0.418. The first-order chi connectivity index (χ1) is 13.9. The molecule has 0 atom stereocenters. The molecule has 0 spiro atoms. The number of ether oxygens (including phenoxy) is 1. The lowest BCUT2D eigenvalue weighted by Gasteiger charge is -2.04. The number of aliphatic imine (C=N–C) groups is 1. The molecule has 0 saturated heterocycles. The number of hydrogen-bond acceptors (Lipinski definition) is 7. The molecular formula is C21H18N2O5S. The van der Waals surface area contributed by atoms with Crippen LogP contribution < -0.4 is 0 Å². The molecule has 7 nitrogen and oxygen atoms in total. The van der Waals surface area contributed by atoms with E-state index in [2.05, 4.69) is 4.99 Å². The molecular weight excluding hydrogens is 392 g/mol. The van der Waals surface area contributed by atoms with E-state index < -0.39 is 10.9 Å². The van der Waals surface area contributed by atoms with E-state index in [9.17, 15) is 20.0 Å². The molecule has 0 aliphatic carbocycles. The van der Waals surface area contributed by atoms with Crippen LogP contribution in [-0.4, -0.2) is 27.6 Å². The van der Waals surface area contributed by atoms with E-state index in [1.165, 1.54) is 12.1 Å². The van der Waals surface area contributed by atoms with E-state index in [-0.39, 0.29) is 23.6 Å². The number of nitro groups is 1. The predicted molar refractivity (Wildman–Crippen MR) is 113 cm³/mol. The first-order valence-corrected chi connectivity index (χ1v) is 9.61. The van der Waals surface area contributed by atoms with Crippen LogP contribution in [0.3, 0.4) is 0 Å². The molecule has 8 heteroatoms. The average molecular weight is 410 g/mol. The number of carbonyl (C=O) groups excluding carboxylic acids is 1. The van der Waals surface area contributed by atoms with Gasteiger partial charge in [-0.15, -0.1) is 0 Å². The van der Waals surface area contributed by atoms with E-state index in [0.717, 1.165) is 17.3 Å². The summed E-state index contributed by atoms with van der Waals surface area (Å²) in [6.07, 6.45) is 1.64. The Bertz CT molecular complexity index is 1040. The zero-order valence-electron chi connectivity index (χ0n) is 15.8. The number of benzene rings is 2. The molecule has 0 radical (unpaired) electrons. The molecule has 0 amide bonds. The van der Waals surface area contributed by atoms with Crippen molar-refractivity contribution < 1.29 is 19.6 Å². The summed E-state index contributed by atoms with van der Waals surface area (Å²) in [5.41, 5.74) is 2.34. The van der Waals surface area contributed by atoms with Gasteiger partial charge in [-0.05, 0) is 49.8 Å². The molecule has 0 bridgehead atoms. The molecule has 148 valence electrons. The summed E-state index contributed by atoms with van der Waals surface area (Å²) in [4.78, 5) is 27.6. The number of thioether (sulfide) groups is 1. The summed E-state index contributed by atoms with van der Waals surface area (Å²) in [7, 11) is 0. The highest BCUT2D eigenvalue weighted by atomic mass is 32.2. The Morgan fingerprint density at radius 3 is 2.45 bits per heavy atom. The Morgan fingerprint density at radius 1 is 1.21 bits per heavy atom. The van der Waals surface area contributed by atoms with Crippen LogP contribution in [0.4, 0.5) is 11.4 Å². The highest BCUT2D eigenvalue weighted by Crippen LogP contribution is 2.40. The fourth-order valence-electron chi connectivity index (χ4n) is 2.57. The molecule has 1 aliphatic rings. The van der Waals surface area contributed by atoms with Gasteiger partial charge < -0.3 is 9.84 Å². The van der Waals surface area contributed by atoms with Crippen molar-refractivity contribution in [3.05, 3.63) is 86.0 Å². The maximum absolute atomic E-state index is 12.4. The standard InChI is InChI=1S/C21H18N2O5S/c1-3-28-21(25)18-19(24)17(12-14-6-10-16(11-7-14)23(26)27)29-20(18)22-15-8-4-13(2)5-9-15/h4-12,24H,3H2,1-2H3/b17-12-,22-20?. The second kappa shape index (κ2) is 8.74. The van der Waals surface area contributed by atoms with Crippen LogP contribution in [0.5, 0.6) is 0 Å². The first-order valence-electron chi connectivity index (χ1n) is 8.79. The van der Waals surface area contributed by atoms with Gasteiger partial charge in [0.05, 0.1) is 22.1 Å². The lowest BCUT2D eigenvalue weighted by Crippen LogP contribution is -2.12. The maximum Gasteiger partial charge on any atom is 0.344 e. The number of aliphatic hydroxyl groups excluding tert-OH is 1. The van der Waals surface area contributed by atoms with Crippen LogP contribution in [0, 0.1) is 17.0 Å². The van der Waals surface area contributed by atoms with E-state index in [4.69, 9.17) is 4.74 Å². The number of nitro benzene ring substituents is 1. The monoisotopic (exact) mass is 410 g/mol. The molecule has 2 aromatic rings. The molecule has 1 N–H and O–H groups in total. The van der Waals surface area contributed by atoms with Crippen LogP contribution in [0.15, 0.2) is 69.8 Å². The average Bonchev–Trinajstić information content (AvgIpc) is 2.99. The molecule has 2 aromatic carbocycles. The van der Waals surface area contributed by atoms with Gasteiger partial charge in [-0.1, -0.05) is 29.5 Å². The van der Waals surface area contributed by atoms with Crippen molar-refractivity contribution in [2.75, 3.05) is 6.61 Å². The zero-order chi connectivity index (χ0) is 21.0. The minimum atomic E-state index is -0.657. The van der Waals surface area contributed by atoms with Gasteiger partial charge in [0.1, 0.15) is 16.4 Å².